The minimum atomic E-state index is -1.11. The molecule has 0 amide bonds. The van der Waals surface area contributed by atoms with E-state index in [0.717, 1.165) is 24.0 Å². The molecule has 0 saturated heterocycles. The van der Waals surface area contributed by atoms with Crippen molar-refractivity contribution in [2.75, 3.05) is 0 Å². The summed E-state index contributed by atoms with van der Waals surface area (Å²) >= 11 is 0. The Morgan fingerprint density at radius 1 is 1.53 bits per heavy atom. The lowest BCUT2D eigenvalue weighted by Crippen LogP contribution is -2.39. The number of carboxylic acid groups (broad SMARTS) is 1. The smallest absolute Gasteiger partial charge is 0.306 e. The molecule has 3 heteroatoms. The van der Waals surface area contributed by atoms with Crippen molar-refractivity contribution in [3.63, 3.8) is 0 Å². The van der Waals surface area contributed by atoms with Crippen LogP contribution in [0.1, 0.15) is 46.5 Å². The molecule has 2 atom stereocenters. The maximum absolute atomic E-state index is 10.8. The molecule has 0 aromatic heterocycles. The van der Waals surface area contributed by atoms with Crippen molar-refractivity contribution in [2.24, 2.45) is 5.92 Å². The van der Waals surface area contributed by atoms with Gasteiger partial charge in [0.05, 0.1) is 12.0 Å². The van der Waals surface area contributed by atoms with E-state index in [0.29, 0.717) is 12.3 Å². The molecule has 15 heavy (non-hydrogen) atoms. The minimum Gasteiger partial charge on any atom is -0.481 e. The van der Waals surface area contributed by atoms with Crippen LogP contribution in [0, 0.1) is 5.92 Å². The maximum Gasteiger partial charge on any atom is 0.306 e. The quantitative estimate of drug-likeness (QED) is 0.691. The average Bonchev–Trinajstić information content (AvgIpc) is 1.99. The standard InChI is InChI=1S/C12H20O3/c1-8(2)10-5-4-9(3)6-12(10,15)7-11(13)14/h9,15H,4-7H2,1-3H3,(H,13,14)/t9-,12+/m1/s1. The number of carboxylic acids is 1. The topological polar surface area (TPSA) is 57.5 Å². The molecule has 86 valence electrons. The first-order chi connectivity index (χ1) is 6.85. The van der Waals surface area contributed by atoms with Gasteiger partial charge in [0.15, 0.2) is 0 Å². The molecule has 1 rings (SSSR count). The van der Waals surface area contributed by atoms with Gasteiger partial charge in [-0.15, -0.1) is 0 Å². The molecule has 1 saturated carbocycles. The van der Waals surface area contributed by atoms with Crippen molar-refractivity contribution in [2.45, 2.75) is 52.1 Å². The Balaban J connectivity index is 2.97. The van der Waals surface area contributed by atoms with Crippen LogP contribution in [0.2, 0.25) is 0 Å². The van der Waals surface area contributed by atoms with Gasteiger partial charge in [-0.05, 0) is 44.6 Å². The molecule has 3 nitrogen and oxygen atoms in total. The van der Waals surface area contributed by atoms with E-state index in [1.807, 2.05) is 13.8 Å². The lowest BCUT2D eigenvalue weighted by molar-refractivity contribution is -0.142. The van der Waals surface area contributed by atoms with E-state index in [1.165, 1.54) is 0 Å². The summed E-state index contributed by atoms with van der Waals surface area (Å²) in [5.41, 5.74) is 0.885. The Kier molecular flexibility index (Phi) is 3.55. The van der Waals surface area contributed by atoms with Crippen LogP contribution < -0.4 is 0 Å². The Bertz CT molecular complexity index is 289. The Labute approximate surface area is 90.8 Å². The number of aliphatic carboxylic acids is 1. The fourth-order valence-corrected chi connectivity index (χ4v) is 2.57. The summed E-state index contributed by atoms with van der Waals surface area (Å²) in [7, 11) is 0. The largest absolute Gasteiger partial charge is 0.481 e. The zero-order chi connectivity index (χ0) is 11.6. The van der Waals surface area contributed by atoms with Crippen LogP contribution in [-0.2, 0) is 4.79 Å². The molecular weight excluding hydrogens is 192 g/mol. The second-order valence-corrected chi connectivity index (χ2v) is 4.93. The van der Waals surface area contributed by atoms with E-state index in [4.69, 9.17) is 5.11 Å². The van der Waals surface area contributed by atoms with Gasteiger partial charge in [0.25, 0.3) is 0 Å². The summed E-state index contributed by atoms with van der Waals surface area (Å²) in [4.78, 5) is 10.8. The number of carbonyl (C=O) groups is 1. The monoisotopic (exact) mass is 212 g/mol. The Hall–Kier alpha value is -0.830. The minimum absolute atomic E-state index is 0.169. The molecule has 0 aromatic carbocycles. The second-order valence-electron chi connectivity index (χ2n) is 4.93. The first-order valence-electron chi connectivity index (χ1n) is 5.46. The van der Waals surface area contributed by atoms with Crippen molar-refractivity contribution in [1.82, 2.24) is 0 Å². The molecule has 0 heterocycles. The first kappa shape index (κ1) is 12.2. The number of rotatable bonds is 2. The molecular formula is C12H20O3. The normalized spacial score (nSPS) is 31.5. The molecule has 0 unspecified atom stereocenters. The van der Waals surface area contributed by atoms with Crippen LogP contribution in [0.3, 0.4) is 0 Å². The zero-order valence-corrected chi connectivity index (χ0v) is 9.71. The lowest BCUT2D eigenvalue weighted by atomic mass is 9.72. The Morgan fingerprint density at radius 2 is 2.13 bits per heavy atom. The fourth-order valence-electron chi connectivity index (χ4n) is 2.57. The summed E-state index contributed by atoms with van der Waals surface area (Å²) in [5, 5.41) is 19.2. The molecule has 1 fully saturated rings. The molecule has 0 aliphatic heterocycles. The van der Waals surface area contributed by atoms with Crippen molar-refractivity contribution < 1.29 is 15.0 Å². The van der Waals surface area contributed by atoms with Gasteiger partial charge in [-0.2, -0.15) is 0 Å². The highest BCUT2D eigenvalue weighted by Gasteiger charge is 2.39. The van der Waals surface area contributed by atoms with Gasteiger partial charge < -0.3 is 10.2 Å². The van der Waals surface area contributed by atoms with Crippen LogP contribution in [0.25, 0.3) is 0 Å². The van der Waals surface area contributed by atoms with E-state index in [-0.39, 0.29) is 6.42 Å². The van der Waals surface area contributed by atoms with Gasteiger partial charge in [-0.3, -0.25) is 4.79 Å². The number of allylic oxidation sites excluding steroid dienone is 1. The number of hydrogen-bond donors (Lipinski definition) is 2. The van der Waals surface area contributed by atoms with Crippen molar-refractivity contribution in [1.29, 1.82) is 0 Å². The zero-order valence-electron chi connectivity index (χ0n) is 9.71. The molecule has 1 aliphatic carbocycles. The van der Waals surface area contributed by atoms with Crippen LogP contribution in [0.5, 0.6) is 0 Å². The lowest BCUT2D eigenvalue weighted by Gasteiger charge is -2.38. The molecule has 0 spiro atoms. The average molecular weight is 212 g/mol. The third-order valence-corrected chi connectivity index (χ3v) is 3.18. The van der Waals surface area contributed by atoms with Gasteiger partial charge in [-0.1, -0.05) is 12.5 Å². The SMILES string of the molecule is CC(C)=C1CC[C@@H](C)C[C@]1(O)CC(=O)O. The van der Waals surface area contributed by atoms with Gasteiger partial charge in [0, 0.05) is 0 Å². The van der Waals surface area contributed by atoms with Crippen molar-refractivity contribution in [3.05, 3.63) is 11.1 Å². The number of hydrogen-bond acceptors (Lipinski definition) is 2. The van der Waals surface area contributed by atoms with E-state index in [2.05, 4.69) is 6.92 Å². The fraction of sp³-hybridized carbons (Fsp3) is 0.750. The van der Waals surface area contributed by atoms with Gasteiger partial charge >= 0.3 is 5.97 Å². The predicted molar refractivity (Wildman–Crippen MR) is 58.6 cm³/mol. The summed E-state index contributed by atoms with van der Waals surface area (Å²) in [6.45, 7) is 5.95. The van der Waals surface area contributed by atoms with Crippen LogP contribution >= 0.6 is 0 Å². The van der Waals surface area contributed by atoms with E-state index in [1.54, 1.807) is 0 Å². The highest BCUT2D eigenvalue weighted by atomic mass is 16.4. The van der Waals surface area contributed by atoms with Crippen molar-refractivity contribution in [3.8, 4) is 0 Å². The second kappa shape index (κ2) is 4.35. The van der Waals surface area contributed by atoms with E-state index >= 15 is 0 Å². The van der Waals surface area contributed by atoms with E-state index < -0.39 is 11.6 Å². The van der Waals surface area contributed by atoms with E-state index in [9.17, 15) is 9.90 Å². The van der Waals surface area contributed by atoms with Gasteiger partial charge in [0.1, 0.15) is 0 Å². The summed E-state index contributed by atoms with van der Waals surface area (Å²) < 4.78 is 0. The summed E-state index contributed by atoms with van der Waals surface area (Å²) in [5.74, 6) is -0.525. The first-order valence-corrected chi connectivity index (χ1v) is 5.46. The van der Waals surface area contributed by atoms with Crippen LogP contribution in [-0.4, -0.2) is 21.8 Å². The van der Waals surface area contributed by atoms with Crippen molar-refractivity contribution >= 4 is 5.97 Å². The highest BCUT2D eigenvalue weighted by Crippen LogP contribution is 2.40. The third kappa shape index (κ3) is 2.81. The van der Waals surface area contributed by atoms with Gasteiger partial charge in [0.2, 0.25) is 0 Å². The summed E-state index contributed by atoms with van der Waals surface area (Å²) in [6.07, 6.45) is 2.27. The Morgan fingerprint density at radius 3 is 2.60 bits per heavy atom. The van der Waals surface area contributed by atoms with Gasteiger partial charge in [-0.25, -0.2) is 0 Å². The molecule has 2 N–H and O–H groups in total. The van der Waals surface area contributed by atoms with Crippen LogP contribution in [0.15, 0.2) is 11.1 Å². The predicted octanol–water partition coefficient (Wildman–Crippen LogP) is 2.35. The maximum atomic E-state index is 10.8. The number of aliphatic hydroxyl groups is 1. The molecule has 1 aliphatic rings. The molecule has 0 aromatic rings. The highest BCUT2D eigenvalue weighted by molar-refractivity contribution is 5.69. The molecule has 0 bridgehead atoms. The van der Waals surface area contributed by atoms with Crippen LogP contribution in [0.4, 0.5) is 0 Å². The molecule has 0 radical (unpaired) electrons. The third-order valence-electron chi connectivity index (χ3n) is 3.18. The summed E-state index contributed by atoms with van der Waals surface area (Å²) in [6, 6.07) is 0.